The molecular formula is C19H29NO6S. The molecule has 0 radical (unpaired) electrons. The summed E-state index contributed by atoms with van der Waals surface area (Å²) in [5, 5.41) is 0. The van der Waals surface area contributed by atoms with Gasteiger partial charge >= 0.3 is 11.9 Å². The van der Waals surface area contributed by atoms with Crippen LogP contribution < -0.4 is 4.72 Å². The zero-order valence-corrected chi connectivity index (χ0v) is 17.0. The average Bonchev–Trinajstić information content (AvgIpc) is 2.64. The fourth-order valence-electron chi connectivity index (χ4n) is 2.46. The summed E-state index contributed by atoms with van der Waals surface area (Å²) in [6.07, 6.45) is 5.40. The number of sulfonamides is 1. The van der Waals surface area contributed by atoms with E-state index in [9.17, 15) is 18.0 Å². The zero-order valence-electron chi connectivity index (χ0n) is 16.2. The Balaban J connectivity index is 2.86. The summed E-state index contributed by atoms with van der Waals surface area (Å²) in [7, 11) is -4.08. The van der Waals surface area contributed by atoms with Crippen LogP contribution in [0.1, 0.15) is 52.0 Å². The minimum absolute atomic E-state index is 0.0171. The first-order chi connectivity index (χ1) is 12.9. The lowest BCUT2D eigenvalue weighted by Crippen LogP contribution is -2.48. The maximum absolute atomic E-state index is 12.5. The van der Waals surface area contributed by atoms with E-state index in [4.69, 9.17) is 9.47 Å². The first kappa shape index (κ1) is 23.1. The van der Waals surface area contributed by atoms with Crippen LogP contribution in [0.5, 0.6) is 0 Å². The standard InChI is InChI=1S/C19H29NO6S/c1-4-7-8-9-10-15-11-13-16(14-12-15)27(23,24)20-17(18(21)25-5-2)19(22)26-6-3/h11-14,17,20H,4-10H2,1-3H3. The second-order valence-corrected chi connectivity index (χ2v) is 7.73. The third-order valence-corrected chi connectivity index (χ3v) is 5.31. The van der Waals surface area contributed by atoms with Crippen LogP contribution in [0.4, 0.5) is 0 Å². The van der Waals surface area contributed by atoms with Gasteiger partial charge in [-0.15, -0.1) is 0 Å². The summed E-state index contributed by atoms with van der Waals surface area (Å²) in [4.78, 5) is 23.9. The molecule has 1 aromatic rings. The van der Waals surface area contributed by atoms with Gasteiger partial charge in [-0.3, -0.25) is 0 Å². The molecule has 0 fully saturated rings. The summed E-state index contributed by atoms with van der Waals surface area (Å²) in [6, 6.07) is 4.67. The van der Waals surface area contributed by atoms with Crippen molar-refractivity contribution in [2.75, 3.05) is 13.2 Å². The highest BCUT2D eigenvalue weighted by Crippen LogP contribution is 2.14. The Hall–Kier alpha value is -1.93. The van der Waals surface area contributed by atoms with Crippen LogP contribution in [0.2, 0.25) is 0 Å². The van der Waals surface area contributed by atoms with E-state index < -0.39 is 28.0 Å². The number of hydrogen-bond donors (Lipinski definition) is 1. The number of rotatable bonds is 12. The summed E-state index contributed by atoms with van der Waals surface area (Å²) in [5.41, 5.74) is 1.04. The van der Waals surface area contributed by atoms with Crippen LogP contribution in [0, 0.1) is 0 Å². The number of carbonyl (C=O) groups is 2. The Kier molecular flexibility index (Phi) is 10.0. The molecule has 1 rings (SSSR count). The Labute approximate surface area is 161 Å². The van der Waals surface area contributed by atoms with Crippen molar-refractivity contribution in [3.8, 4) is 0 Å². The fraction of sp³-hybridized carbons (Fsp3) is 0.579. The molecule has 0 saturated carbocycles. The summed E-state index contributed by atoms with van der Waals surface area (Å²) in [6.45, 7) is 5.31. The second-order valence-electron chi connectivity index (χ2n) is 6.01. The van der Waals surface area contributed by atoms with Gasteiger partial charge in [0, 0.05) is 0 Å². The van der Waals surface area contributed by atoms with Gasteiger partial charge in [0.2, 0.25) is 16.1 Å². The summed E-state index contributed by atoms with van der Waals surface area (Å²) < 4.78 is 36.7. The first-order valence-electron chi connectivity index (χ1n) is 9.30. The number of esters is 2. The van der Waals surface area contributed by atoms with E-state index in [0.717, 1.165) is 31.2 Å². The minimum Gasteiger partial charge on any atom is -0.464 e. The molecule has 0 heterocycles. The molecule has 0 bridgehead atoms. The van der Waals surface area contributed by atoms with E-state index in [0.29, 0.717) is 0 Å². The highest BCUT2D eigenvalue weighted by molar-refractivity contribution is 7.89. The van der Waals surface area contributed by atoms with Crippen molar-refractivity contribution in [3.05, 3.63) is 29.8 Å². The molecule has 0 amide bonds. The van der Waals surface area contributed by atoms with Crippen LogP contribution in [-0.4, -0.2) is 39.6 Å². The molecule has 0 saturated heterocycles. The van der Waals surface area contributed by atoms with Crippen molar-refractivity contribution < 1.29 is 27.5 Å². The SMILES string of the molecule is CCCCCCc1ccc(S(=O)(=O)NC(C(=O)OCC)C(=O)OCC)cc1. The van der Waals surface area contributed by atoms with E-state index in [1.165, 1.54) is 18.6 Å². The second kappa shape index (κ2) is 11.7. The van der Waals surface area contributed by atoms with E-state index in [1.807, 2.05) is 0 Å². The number of carbonyl (C=O) groups excluding carboxylic acids is 2. The Morgan fingerprint density at radius 1 is 0.926 bits per heavy atom. The Morgan fingerprint density at radius 2 is 1.48 bits per heavy atom. The average molecular weight is 400 g/mol. The van der Waals surface area contributed by atoms with Crippen LogP contribution in [0.15, 0.2) is 29.2 Å². The van der Waals surface area contributed by atoms with Gasteiger partial charge in [-0.2, -0.15) is 4.72 Å². The van der Waals surface area contributed by atoms with E-state index in [1.54, 1.807) is 26.0 Å². The molecule has 27 heavy (non-hydrogen) atoms. The van der Waals surface area contributed by atoms with Crippen LogP contribution in [-0.2, 0) is 35.5 Å². The Bertz CT molecular complexity index is 681. The van der Waals surface area contributed by atoms with E-state index in [-0.39, 0.29) is 18.1 Å². The largest absolute Gasteiger partial charge is 0.464 e. The van der Waals surface area contributed by atoms with Crippen molar-refractivity contribution >= 4 is 22.0 Å². The number of nitrogens with one attached hydrogen (secondary N) is 1. The number of hydrogen-bond acceptors (Lipinski definition) is 6. The molecule has 1 N–H and O–H groups in total. The minimum atomic E-state index is -4.08. The number of benzene rings is 1. The monoisotopic (exact) mass is 399 g/mol. The first-order valence-corrected chi connectivity index (χ1v) is 10.8. The van der Waals surface area contributed by atoms with E-state index >= 15 is 0 Å². The van der Waals surface area contributed by atoms with Gasteiger partial charge in [-0.25, -0.2) is 18.0 Å². The smallest absolute Gasteiger partial charge is 0.335 e. The molecular weight excluding hydrogens is 370 g/mol. The predicted molar refractivity (Wildman–Crippen MR) is 102 cm³/mol. The van der Waals surface area contributed by atoms with Gasteiger partial charge in [0.05, 0.1) is 18.1 Å². The fourth-order valence-corrected chi connectivity index (χ4v) is 3.59. The highest BCUT2D eigenvalue weighted by Gasteiger charge is 2.34. The van der Waals surface area contributed by atoms with Crippen molar-refractivity contribution in [1.82, 2.24) is 4.72 Å². The molecule has 0 aliphatic heterocycles. The Morgan fingerprint density at radius 3 is 1.96 bits per heavy atom. The van der Waals surface area contributed by atoms with E-state index in [2.05, 4.69) is 11.6 Å². The van der Waals surface area contributed by atoms with Gasteiger partial charge < -0.3 is 9.47 Å². The highest BCUT2D eigenvalue weighted by atomic mass is 32.2. The molecule has 0 aliphatic rings. The maximum Gasteiger partial charge on any atom is 0.335 e. The number of aryl methyl sites for hydroxylation is 1. The summed E-state index contributed by atoms with van der Waals surface area (Å²) in [5.74, 6) is -1.99. The van der Waals surface area contributed by atoms with Crippen molar-refractivity contribution in [3.63, 3.8) is 0 Å². The van der Waals surface area contributed by atoms with Gasteiger partial charge in [-0.05, 0) is 44.4 Å². The van der Waals surface area contributed by atoms with Crippen LogP contribution in [0.25, 0.3) is 0 Å². The molecule has 7 nitrogen and oxygen atoms in total. The van der Waals surface area contributed by atoms with Gasteiger partial charge in [0.1, 0.15) is 0 Å². The van der Waals surface area contributed by atoms with Crippen molar-refractivity contribution in [2.24, 2.45) is 0 Å². The summed E-state index contributed by atoms with van der Waals surface area (Å²) >= 11 is 0. The lowest BCUT2D eigenvalue weighted by atomic mass is 10.1. The molecule has 0 unspecified atom stereocenters. The number of ether oxygens (including phenoxy) is 2. The third kappa shape index (κ3) is 7.68. The topological polar surface area (TPSA) is 98.8 Å². The molecule has 0 aromatic heterocycles. The van der Waals surface area contributed by atoms with Gasteiger partial charge in [0.15, 0.2) is 0 Å². The molecule has 0 atom stereocenters. The quantitative estimate of drug-likeness (QED) is 0.329. The van der Waals surface area contributed by atoms with Gasteiger partial charge in [-0.1, -0.05) is 38.3 Å². The molecule has 8 heteroatoms. The molecule has 152 valence electrons. The zero-order chi connectivity index (χ0) is 20.3. The maximum atomic E-state index is 12.5. The predicted octanol–water partition coefficient (Wildman–Crippen LogP) is 2.58. The van der Waals surface area contributed by atoms with Crippen molar-refractivity contribution in [1.29, 1.82) is 0 Å². The lowest BCUT2D eigenvalue weighted by molar-refractivity contribution is -0.157. The van der Waals surface area contributed by atoms with Gasteiger partial charge in [0.25, 0.3) is 0 Å². The van der Waals surface area contributed by atoms with Crippen molar-refractivity contribution in [2.45, 2.75) is 63.8 Å². The molecule has 0 spiro atoms. The lowest BCUT2D eigenvalue weighted by Gasteiger charge is -2.16. The van der Waals surface area contributed by atoms with Crippen LogP contribution in [0.3, 0.4) is 0 Å². The molecule has 1 aromatic carbocycles. The molecule has 0 aliphatic carbocycles. The number of unbranched alkanes of at least 4 members (excludes halogenated alkanes) is 3. The van der Waals surface area contributed by atoms with Crippen LogP contribution >= 0.6 is 0 Å². The normalized spacial score (nSPS) is 11.4. The third-order valence-electron chi connectivity index (χ3n) is 3.87.